The monoisotopic (exact) mass is 583 g/mol. The van der Waals surface area contributed by atoms with Gasteiger partial charge in [0.1, 0.15) is 22.0 Å². The summed E-state index contributed by atoms with van der Waals surface area (Å²) in [5.74, 6) is -2.40. The van der Waals surface area contributed by atoms with Crippen LogP contribution in [0.25, 0.3) is 0 Å². The van der Waals surface area contributed by atoms with E-state index in [1.54, 1.807) is 30.3 Å². The molecule has 0 aromatic heterocycles. The van der Waals surface area contributed by atoms with Crippen molar-refractivity contribution in [1.82, 2.24) is 10.3 Å². The van der Waals surface area contributed by atoms with E-state index in [2.05, 4.69) is 15.2 Å². The Labute approximate surface area is 238 Å². The molecule has 0 saturated carbocycles. The second-order valence-corrected chi connectivity index (χ2v) is 9.61. The van der Waals surface area contributed by atoms with E-state index >= 15 is 0 Å². The van der Waals surface area contributed by atoms with Crippen molar-refractivity contribution in [3.8, 4) is 17.2 Å². The fourth-order valence-electron chi connectivity index (χ4n) is 3.93. The predicted octanol–water partition coefficient (Wildman–Crippen LogP) is 2.82. The summed E-state index contributed by atoms with van der Waals surface area (Å²) in [5.41, 5.74) is 1.05. The molecular weight excluding hydrogens is 557 g/mol. The molecule has 0 saturated heterocycles. The summed E-state index contributed by atoms with van der Waals surface area (Å²) in [6.07, 6.45) is 0. The minimum atomic E-state index is -1.25. The van der Waals surface area contributed by atoms with Crippen LogP contribution in [0.1, 0.15) is 26.9 Å². The van der Waals surface area contributed by atoms with Crippen molar-refractivity contribution in [2.24, 2.45) is 5.10 Å². The number of nitrogens with one attached hydrogen (secondary N) is 1. The number of aliphatic hydroxyl groups excluding tert-OH is 1. The van der Waals surface area contributed by atoms with Crippen LogP contribution < -0.4 is 14.8 Å². The number of thioether (sulfide) groups is 1. The maximum atomic E-state index is 13.6. The predicted molar refractivity (Wildman–Crippen MR) is 147 cm³/mol. The fourth-order valence-corrected chi connectivity index (χ4v) is 5.11. The van der Waals surface area contributed by atoms with Gasteiger partial charge in [-0.15, -0.1) is 0 Å². The lowest BCUT2D eigenvalue weighted by Crippen LogP contribution is -2.45. The Bertz CT molecular complexity index is 1470. The summed E-state index contributed by atoms with van der Waals surface area (Å²) < 4.78 is 29.4. The first kappa shape index (κ1) is 29.4. The number of ether oxygens (including phenoxy) is 3. The van der Waals surface area contributed by atoms with Crippen LogP contribution in [0.3, 0.4) is 0 Å². The van der Waals surface area contributed by atoms with E-state index in [0.717, 1.165) is 7.11 Å². The molecule has 41 heavy (non-hydrogen) atoms. The minimum Gasteiger partial charge on any atom is -0.507 e. The molecule has 4 rings (SSSR count). The first-order valence-corrected chi connectivity index (χ1v) is 13.1. The molecule has 1 aliphatic heterocycles. The molecule has 214 valence electrons. The van der Waals surface area contributed by atoms with Crippen molar-refractivity contribution >= 4 is 34.6 Å². The molecule has 0 fully saturated rings. The number of carbonyl (C=O) groups excluding carboxylic acids is 3. The molecule has 13 heteroatoms. The molecule has 1 heterocycles. The summed E-state index contributed by atoms with van der Waals surface area (Å²) in [4.78, 5) is 37.6. The first-order chi connectivity index (χ1) is 19.8. The quantitative estimate of drug-likeness (QED) is 0.307. The van der Waals surface area contributed by atoms with Gasteiger partial charge in [0.25, 0.3) is 11.8 Å². The molecule has 11 nitrogen and oxygen atoms in total. The molecule has 2 amide bonds. The van der Waals surface area contributed by atoms with E-state index in [1.165, 1.54) is 60.3 Å². The Morgan fingerprint density at radius 2 is 1.80 bits per heavy atom. The number of esters is 1. The first-order valence-electron chi connectivity index (χ1n) is 12.2. The number of carbonyl (C=O) groups is 3. The number of aliphatic hydroxyl groups is 1. The minimum absolute atomic E-state index is 0.0225. The lowest BCUT2D eigenvalue weighted by atomic mass is 10.1. The van der Waals surface area contributed by atoms with Gasteiger partial charge in [-0.05, 0) is 42.5 Å². The number of methoxy groups -OCH3 is 2. The highest BCUT2D eigenvalue weighted by atomic mass is 32.2. The van der Waals surface area contributed by atoms with Gasteiger partial charge in [0.15, 0.2) is 24.1 Å². The highest BCUT2D eigenvalue weighted by molar-refractivity contribution is 8.14. The molecule has 3 N–H and O–H groups in total. The van der Waals surface area contributed by atoms with Crippen molar-refractivity contribution in [3.05, 3.63) is 89.2 Å². The highest BCUT2D eigenvalue weighted by Gasteiger charge is 2.38. The van der Waals surface area contributed by atoms with Gasteiger partial charge in [0.05, 0.1) is 26.4 Å². The third kappa shape index (κ3) is 6.58. The summed E-state index contributed by atoms with van der Waals surface area (Å²) in [7, 11) is 2.52. The number of aromatic hydroxyl groups is 1. The summed E-state index contributed by atoms with van der Waals surface area (Å²) >= 11 is 1.20. The second-order valence-electron chi connectivity index (χ2n) is 8.54. The van der Waals surface area contributed by atoms with Gasteiger partial charge in [0.2, 0.25) is 0 Å². The summed E-state index contributed by atoms with van der Waals surface area (Å²) in [6.45, 7) is -1.18. The van der Waals surface area contributed by atoms with Gasteiger partial charge in [0, 0.05) is 11.1 Å². The zero-order chi connectivity index (χ0) is 29.5. The van der Waals surface area contributed by atoms with Crippen LogP contribution in [0.5, 0.6) is 17.2 Å². The average molecular weight is 584 g/mol. The maximum absolute atomic E-state index is 13.6. The Balaban J connectivity index is 1.64. The van der Waals surface area contributed by atoms with Gasteiger partial charge < -0.3 is 29.7 Å². The maximum Gasteiger partial charge on any atom is 0.330 e. The van der Waals surface area contributed by atoms with E-state index in [4.69, 9.17) is 9.47 Å². The van der Waals surface area contributed by atoms with Crippen molar-refractivity contribution < 1.29 is 43.2 Å². The van der Waals surface area contributed by atoms with Crippen LogP contribution in [0, 0.1) is 5.82 Å². The number of amides is 2. The normalized spacial score (nSPS) is 15.1. The van der Waals surface area contributed by atoms with E-state index in [1.807, 2.05) is 0 Å². The Hall–Kier alpha value is -4.62. The molecule has 0 radical (unpaired) electrons. The third-order valence-corrected chi connectivity index (χ3v) is 7.14. The zero-order valence-corrected chi connectivity index (χ0v) is 22.8. The number of hydrogen-bond acceptors (Lipinski definition) is 10. The third-order valence-electron chi connectivity index (χ3n) is 5.92. The molecule has 1 aliphatic rings. The van der Waals surface area contributed by atoms with E-state index < -0.39 is 48.2 Å². The van der Waals surface area contributed by atoms with E-state index in [9.17, 15) is 29.0 Å². The number of benzene rings is 3. The lowest BCUT2D eigenvalue weighted by Gasteiger charge is -2.24. The van der Waals surface area contributed by atoms with Crippen molar-refractivity contribution in [2.75, 3.05) is 27.4 Å². The average Bonchev–Trinajstić information content (AvgIpc) is 3.43. The van der Waals surface area contributed by atoms with E-state index in [0.29, 0.717) is 16.2 Å². The van der Waals surface area contributed by atoms with Crippen LogP contribution in [0.2, 0.25) is 0 Å². The molecule has 3 aromatic rings. The van der Waals surface area contributed by atoms with Crippen LogP contribution in [-0.2, 0) is 14.3 Å². The van der Waals surface area contributed by atoms with Crippen molar-refractivity contribution in [2.45, 2.75) is 11.4 Å². The number of phenols is 1. The largest absolute Gasteiger partial charge is 0.507 e. The van der Waals surface area contributed by atoms with Crippen LogP contribution >= 0.6 is 11.8 Å². The van der Waals surface area contributed by atoms with Gasteiger partial charge in [-0.3, -0.25) is 9.59 Å². The SMILES string of the molecule is COC(=O)[C@H](CO)NC(=O)COc1cccc(C2SC(c3ccc(F)cc3)=NN2C(=O)c2ccccc2O)c1OC. The number of hydrogen-bond donors (Lipinski definition) is 3. The number of para-hydroxylation sites is 2. The number of phenolic OH excluding ortho intramolecular Hbond substituents is 1. The van der Waals surface area contributed by atoms with Crippen molar-refractivity contribution in [1.29, 1.82) is 0 Å². The number of halogens is 1. The molecule has 1 unspecified atom stereocenters. The number of hydrazone groups is 1. The molecule has 3 aromatic carbocycles. The Morgan fingerprint density at radius 1 is 1.07 bits per heavy atom. The summed E-state index contributed by atoms with van der Waals surface area (Å²) in [5, 5.41) is 27.3. The Kier molecular flexibility index (Phi) is 9.42. The number of nitrogens with zero attached hydrogens (tertiary/aromatic N) is 2. The molecule has 2 atom stereocenters. The smallest absolute Gasteiger partial charge is 0.330 e. The van der Waals surface area contributed by atoms with Gasteiger partial charge in [-0.2, -0.15) is 5.10 Å². The topological polar surface area (TPSA) is 147 Å². The standard InChI is InChI=1S/C28H26FN3O8S/c1-38-24-19(7-5-9-22(24)40-15-23(35)30-20(14-33)28(37)39-2)27-32(26(36)18-6-3-4-8-21(18)34)31-25(41-27)16-10-12-17(29)13-11-16/h3-13,20,27,33-34H,14-15H2,1-2H3,(H,30,35)/t20-,27?/m0/s1. The van der Waals surface area contributed by atoms with Gasteiger partial charge >= 0.3 is 5.97 Å². The molecular formula is C28H26FN3O8S. The van der Waals surface area contributed by atoms with Crippen LogP contribution in [-0.4, -0.2) is 71.5 Å². The van der Waals surface area contributed by atoms with Gasteiger partial charge in [-0.1, -0.05) is 36.0 Å². The Morgan fingerprint density at radius 3 is 2.46 bits per heavy atom. The van der Waals surface area contributed by atoms with Crippen molar-refractivity contribution in [3.63, 3.8) is 0 Å². The molecule has 0 bridgehead atoms. The lowest BCUT2D eigenvalue weighted by molar-refractivity contribution is -0.146. The van der Waals surface area contributed by atoms with Gasteiger partial charge in [-0.25, -0.2) is 14.2 Å². The molecule has 0 spiro atoms. The number of rotatable bonds is 10. The zero-order valence-electron chi connectivity index (χ0n) is 21.9. The van der Waals surface area contributed by atoms with Crippen LogP contribution in [0.4, 0.5) is 4.39 Å². The van der Waals surface area contributed by atoms with E-state index in [-0.39, 0.29) is 22.8 Å². The van der Waals surface area contributed by atoms with Crippen LogP contribution in [0.15, 0.2) is 71.8 Å². The molecule has 0 aliphatic carbocycles. The summed E-state index contributed by atoms with van der Waals surface area (Å²) in [6, 6.07) is 15.3. The fraction of sp³-hybridized carbons (Fsp3) is 0.214. The second kappa shape index (κ2) is 13.2. The highest BCUT2D eigenvalue weighted by Crippen LogP contribution is 2.47.